The fraction of sp³-hybridized carbons (Fsp3) is 0.857. The van der Waals surface area contributed by atoms with E-state index in [0.29, 0.717) is 12.3 Å². The Kier molecular flexibility index (Phi) is 2.66. The minimum absolute atomic E-state index is 0.213. The summed E-state index contributed by atoms with van der Waals surface area (Å²) in [6.45, 7) is 4.11. The van der Waals surface area contributed by atoms with Crippen molar-refractivity contribution in [3.8, 4) is 0 Å². The summed E-state index contributed by atoms with van der Waals surface area (Å²) < 4.78 is 10.6. The van der Waals surface area contributed by atoms with Gasteiger partial charge in [-0.25, -0.2) is 0 Å². The third-order valence-corrected chi connectivity index (χ3v) is 1.73. The topological polar surface area (TPSA) is 77.1 Å². The molecule has 0 aromatic rings. The van der Waals surface area contributed by atoms with Crippen LogP contribution in [-0.2, 0) is 9.47 Å². The van der Waals surface area contributed by atoms with Gasteiger partial charge < -0.3 is 20.4 Å². The van der Waals surface area contributed by atoms with Gasteiger partial charge in [-0.1, -0.05) is 5.16 Å². The summed E-state index contributed by atoms with van der Waals surface area (Å²) in [5, 5.41) is 11.6. The Hall–Kier alpha value is -0.650. The van der Waals surface area contributed by atoms with Crippen LogP contribution in [0.2, 0.25) is 0 Å². The summed E-state index contributed by atoms with van der Waals surface area (Å²) >= 11 is 0. The molecule has 0 aromatic heterocycles. The molecule has 1 aliphatic heterocycles. The third-order valence-electron chi connectivity index (χ3n) is 1.73. The molecule has 1 fully saturated rings. The zero-order valence-corrected chi connectivity index (χ0v) is 7.28. The van der Waals surface area contributed by atoms with Crippen molar-refractivity contribution in [3.63, 3.8) is 0 Å². The second-order valence-electron chi connectivity index (χ2n) is 3.20. The Morgan fingerprint density at radius 1 is 1.58 bits per heavy atom. The molecular weight excluding hydrogens is 160 g/mol. The molecule has 0 aliphatic carbocycles. The number of hydrogen-bond acceptors (Lipinski definition) is 5. The summed E-state index contributed by atoms with van der Waals surface area (Å²) in [4.78, 5) is 0. The van der Waals surface area contributed by atoms with E-state index in [4.69, 9.17) is 20.4 Å². The van der Waals surface area contributed by atoms with Gasteiger partial charge >= 0.3 is 0 Å². The number of oxime groups is 1. The van der Waals surface area contributed by atoms with Crippen molar-refractivity contribution in [1.82, 2.24) is 0 Å². The van der Waals surface area contributed by atoms with Crippen LogP contribution < -0.4 is 5.73 Å². The van der Waals surface area contributed by atoms with E-state index in [2.05, 4.69) is 5.16 Å². The first-order chi connectivity index (χ1) is 5.55. The van der Waals surface area contributed by atoms with Gasteiger partial charge in [0.25, 0.3) is 0 Å². The van der Waals surface area contributed by atoms with Gasteiger partial charge in [-0.2, -0.15) is 0 Å². The lowest BCUT2D eigenvalue weighted by Crippen LogP contribution is -2.35. The molecular formula is C7H14N2O3. The highest BCUT2D eigenvalue weighted by Crippen LogP contribution is 2.14. The van der Waals surface area contributed by atoms with E-state index in [1.807, 2.05) is 0 Å². The predicted molar refractivity (Wildman–Crippen MR) is 43.2 cm³/mol. The van der Waals surface area contributed by atoms with Gasteiger partial charge in [0.1, 0.15) is 5.71 Å². The molecule has 1 unspecified atom stereocenters. The van der Waals surface area contributed by atoms with Gasteiger partial charge in [0.15, 0.2) is 5.79 Å². The van der Waals surface area contributed by atoms with E-state index < -0.39 is 5.79 Å². The van der Waals surface area contributed by atoms with E-state index in [0.717, 1.165) is 0 Å². The van der Waals surface area contributed by atoms with Crippen LogP contribution in [0.4, 0.5) is 0 Å². The SMILES string of the molecule is CC1(C)OC/C(=N/O)C(N)CO1. The minimum atomic E-state index is -0.649. The van der Waals surface area contributed by atoms with E-state index in [-0.39, 0.29) is 12.6 Å². The quantitative estimate of drug-likeness (QED) is 0.398. The highest BCUT2D eigenvalue weighted by Gasteiger charge is 2.27. The van der Waals surface area contributed by atoms with Crippen LogP contribution >= 0.6 is 0 Å². The lowest BCUT2D eigenvalue weighted by Gasteiger charge is -2.22. The van der Waals surface area contributed by atoms with Gasteiger partial charge in [-0.15, -0.1) is 0 Å². The van der Waals surface area contributed by atoms with Crippen LogP contribution in [0.1, 0.15) is 13.8 Å². The largest absolute Gasteiger partial charge is 0.411 e. The van der Waals surface area contributed by atoms with Crippen molar-refractivity contribution in [2.45, 2.75) is 25.7 Å². The van der Waals surface area contributed by atoms with Crippen molar-refractivity contribution in [3.05, 3.63) is 0 Å². The molecule has 0 aromatic carbocycles. The van der Waals surface area contributed by atoms with Crippen molar-refractivity contribution in [1.29, 1.82) is 0 Å². The molecule has 70 valence electrons. The summed E-state index contributed by atoms with van der Waals surface area (Å²) in [6.07, 6.45) is 0. The zero-order valence-electron chi connectivity index (χ0n) is 7.28. The van der Waals surface area contributed by atoms with Crippen LogP contribution in [0.25, 0.3) is 0 Å². The highest BCUT2D eigenvalue weighted by atomic mass is 16.7. The molecule has 1 atom stereocenters. The van der Waals surface area contributed by atoms with Gasteiger partial charge in [0, 0.05) is 0 Å². The molecule has 12 heavy (non-hydrogen) atoms. The average Bonchev–Trinajstić information content (AvgIpc) is 2.13. The van der Waals surface area contributed by atoms with Gasteiger partial charge in [0.05, 0.1) is 19.3 Å². The summed E-state index contributed by atoms with van der Waals surface area (Å²) in [7, 11) is 0. The predicted octanol–water partition coefficient (Wildman–Crippen LogP) is -0.0732. The molecule has 0 spiro atoms. The summed E-state index contributed by atoms with van der Waals surface area (Å²) in [5.74, 6) is -0.649. The smallest absolute Gasteiger partial charge is 0.163 e. The van der Waals surface area contributed by atoms with Gasteiger partial charge in [0.2, 0.25) is 0 Å². The van der Waals surface area contributed by atoms with Gasteiger partial charge in [-0.3, -0.25) is 0 Å². The number of nitrogens with zero attached hydrogens (tertiary/aromatic N) is 1. The molecule has 1 saturated heterocycles. The molecule has 1 heterocycles. The molecule has 0 bridgehead atoms. The van der Waals surface area contributed by atoms with Crippen LogP contribution in [0.5, 0.6) is 0 Å². The maximum absolute atomic E-state index is 8.53. The van der Waals surface area contributed by atoms with Crippen LogP contribution in [-0.4, -0.2) is 36.0 Å². The summed E-state index contributed by atoms with van der Waals surface area (Å²) in [6, 6.07) is -0.378. The van der Waals surface area contributed by atoms with Crippen molar-refractivity contribution in [2.24, 2.45) is 10.9 Å². The second-order valence-corrected chi connectivity index (χ2v) is 3.20. The number of nitrogens with two attached hydrogens (primary N) is 1. The molecule has 3 N–H and O–H groups in total. The highest BCUT2D eigenvalue weighted by molar-refractivity contribution is 5.90. The molecule has 5 heteroatoms. The molecule has 1 aliphatic rings. The molecule has 1 rings (SSSR count). The lowest BCUT2D eigenvalue weighted by atomic mass is 10.2. The Morgan fingerprint density at radius 2 is 2.25 bits per heavy atom. The fourth-order valence-electron chi connectivity index (χ4n) is 0.886. The minimum Gasteiger partial charge on any atom is -0.411 e. The van der Waals surface area contributed by atoms with Crippen LogP contribution in [0.3, 0.4) is 0 Å². The lowest BCUT2D eigenvalue weighted by molar-refractivity contribution is -0.197. The number of rotatable bonds is 0. The zero-order chi connectivity index (χ0) is 9.19. The molecule has 0 saturated carbocycles. The third kappa shape index (κ3) is 2.17. The summed E-state index contributed by atoms with van der Waals surface area (Å²) in [5.41, 5.74) is 6.03. The van der Waals surface area contributed by atoms with E-state index >= 15 is 0 Å². The van der Waals surface area contributed by atoms with Crippen molar-refractivity contribution in [2.75, 3.05) is 13.2 Å². The van der Waals surface area contributed by atoms with Crippen LogP contribution in [0, 0.1) is 0 Å². The fourth-order valence-corrected chi connectivity index (χ4v) is 0.886. The van der Waals surface area contributed by atoms with E-state index in [9.17, 15) is 0 Å². The van der Waals surface area contributed by atoms with Crippen LogP contribution in [0.15, 0.2) is 5.16 Å². The average molecular weight is 174 g/mol. The normalized spacial score (nSPS) is 33.2. The first-order valence-electron chi connectivity index (χ1n) is 3.79. The maximum atomic E-state index is 8.53. The Labute approximate surface area is 71.1 Å². The first kappa shape index (κ1) is 9.44. The monoisotopic (exact) mass is 174 g/mol. The second kappa shape index (κ2) is 3.38. The number of ether oxygens (including phenoxy) is 2. The molecule has 0 amide bonds. The Balaban J connectivity index is 2.65. The Morgan fingerprint density at radius 3 is 2.83 bits per heavy atom. The van der Waals surface area contributed by atoms with E-state index in [1.165, 1.54) is 0 Å². The van der Waals surface area contributed by atoms with Crippen molar-refractivity contribution >= 4 is 5.71 Å². The molecule has 0 radical (unpaired) electrons. The molecule has 5 nitrogen and oxygen atoms in total. The maximum Gasteiger partial charge on any atom is 0.163 e. The number of hydrogen-bond donors (Lipinski definition) is 2. The first-order valence-corrected chi connectivity index (χ1v) is 3.79. The van der Waals surface area contributed by atoms with E-state index in [1.54, 1.807) is 13.8 Å². The van der Waals surface area contributed by atoms with Crippen molar-refractivity contribution < 1.29 is 14.7 Å². The standard InChI is InChI=1S/C7H14N2O3/c1-7(2)11-3-5(8)6(9-10)4-12-7/h5,10H,3-4,8H2,1-2H3/b9-6-. The van der Waals surface area contributed by atoms with Gasteiger partial charge in [-0.05, 0) is 13.8 Å². The Bertz CT molecular complexity index is 191.